The number of methoxy groups -OCH3 is 1. The summed E-state index contributed by atoms with van der Waals surface area (Å²) >= 11 is 0. The number of fused-ring (bicyclic) bond motifs is 1. The summed E-state index contributed by atoms with van der Waals surface area (Å²) in [5, 5.41) is 10.4. The zero-order valence-electron chi connectivity index (χ0n) is 12.7. The first-order chi connectivity index (χ1) is 9.31. The summed E-state index contributed by atoms with van der Waals surface area (Å²) in [6, 6.07) is 0. The number of hydrogen-bond acceptors (Lipinski definition) is 4. The maximum absolute atomic E-state index is 12.0. The van der Waals surface area contributed by atoms with E-state index in [0.717, 1.165) is 19.3 Å². The monoisotopic (exact) mass is 280 g/mol. The Morgan fingerprint density at radius 1 is 1.45 bits per heavy atom. The first kappa shape index (κ1) is 13.9. The number of carbonyl (C=O) groups excluding carboxylic acids is 1. The molecule has 3 rings (SSSR count). The van der Waals surface area contributed by atoms with Crippen LogP contribution in [0.25, 0.3) is 0 Å². The van der Waals surface area contributed by atoms with Crippen molar-refractivity contribution in [3.63, 3.8) is 0 Å². The highest BCUT2D eigenvalue weighted by atomic mass is 16.5. The first-order valence-electron chi connectivity index (χ1n) is 7.49. The van der Waals surface area contributed by atoms with Crippen LogP contribution in [-0.2, 0) is 14.3 Å². The van der Waals surface area contributed by atoms with Gasteiger partial charge >= 0.3 is 5.97 Å². The molecule has 0 unspecified atom stereocenters. The largest absolute Gasteiger partial charge is 0.512 e. The van der Waals surface area contributed by atoms with Crippen molar-refractivity contribution < 1.29 is 19.4 Å². The van der Waals surface area contributed by atoms with Crippen molar-refractivity contribution in [3.8, 4) is 0 Å². The predicted molar refractivity (Wildman–Crippen MR) is 74.2 cm³/mol. The Bertz CT molecular complexity index is 479. The van der Waals surface area contributed by atoms with Gasteiger partial charge in [-0.1, -0.05) is 20.8 Å². The summed E-state index contributed by atoms with van der Waals surface area (Å²) < 4.78 is 11.2. The Hall–Kier alpha value is -1.03. The molecule has 112 valence electrons. The van der Waals surface area contributed by atoms with Gasteiger partial charge in [0.1, 0.15) is 11.3 Å². The molecular weight excluding hydrogens is 256 g/mol. The predicted octanol–water partition coefficient (Wildman–Crippen LogP) is 2.98. The summed E-state index contributed by atoms with van der Waals surface area (Å²) in [6.07, 6.45) is 3.24. The highest BCUT2D eigenvalue weighted by molar-refractivity contribution is 5.90. The van der Waals surface area contributed by atoms with E-state index in [1.807, 2.05) is 0 Å². The summed E-state index contributed by atoms with van der Waals surface area (Å²) in [7, 11) is 1.35. The molecule has 3 aliphatic rings. The molecule has 1 saturated carbocycles. The third-order valence-electron chi connectivity index (χ3n) is 5.64. The van der Waals surface area contributed by atoms with Gasteiger partial charge in [0.25, 0.3) is 0 Å². The van der Waals surface area contributed by atoms with Crippen LogP contribution in [0.1, 0.15) is 46.5 Å². The lowest BCUT2D eigenvalue weighted by atomic mass is 9.63. The number of hydrogen-bond donors (Lipinski definition) is 1. The standard InChI is InChI=1S/C16H24O4/c1-9-5-6-16-8-11(17)12(14(18)19-4)13(20-16)15(2,3)7-10(9)16/h9-10,13,17H,5-8H2,1-4H3/t9-,10+,13-,16+/m1/s1. The molecule has 1 aliphatic carbocycles. The van der Waals surface area contributed by atoms with E-state index in [4.69, 9.17) is 9.47 Å². The van der Waals surface area contributed by atoms with Crippen LogP contribution < -0.4 is 0 Å². The van der Waals surface area contributed by atoms with Crippen LogP contribution in [0.3, 0.4) is 0 Å². The minimum atomic E-state index is -0.458. The number of aliphatic hydroxyl groups excluding tert-OH is 1. The molecule has 1 N–H and O–H groups in total. The van der Waals surface area contributed by atoms with Crippen molar-refractivity contribution in [3.05, 3.63) is 11.3 Å². The number of carbonyl (C=O) groups is 1. The highest BCUT2D eigenvalue weighted by Gasteiger charge is 2.61. The number of ether oxygens (including phenoxy) is 2. The Morgan fingerprint density at radius 2 is 2.15 bits per heavy atom. The summed E-state index contributed by atoms with van der Waals surface area (Å²) in [5.41, 5.74) is -0.0903. The summed E-state index contributed by atoms with van der Waals surface area (Å²) in [5.74, 6) is 0.803. The Morgan fingerprint density at radius 3 is 2.80 bits per heavy atom. The van der Waals surface area contributed by atoms with E-state index >= 15 is 0 Å². The fourth-order valence-electron chi connectivity index (χ4n) is 4.55. The Kier molecular flexibility index (Phi) is 2.95. The second-order valence-corrected chi connectivity index (χ2v) is 7.41. The number of rotatable bonds is 1. The van der Waals surface area contributed by atoms with Crippen molar-refractivity contribution in [2.75, 3.05) is 7.11 Å². The van der Waals surface area contributed by atoms with E-state index in [1.165, 1.54) is 7.11 Å². The van der Waals surface area contributed by atoms with Gasteiger partial charge in [0.2, 0.25) is 0 Å². The van der Waals surface area contributed by atoms with Crippen LogP contribution in [0.2, 0.25) is 0 Å². The molecule has 4 atom stereocenters. The van der Waals surface area contributed by atoms with Gasteiger partial charge in [0.05, 0.1) is 18.8 Å². The molecule has 2 aliphatic heterocycles. The minimum absolute atomic E-state index is 0.162. The SMILES string of the molecule is COC(=O)C1=C(O)C[C@@]23CC[C@@H](C)[C@@H]2CC(C)(C)[C@@H]1O3. The molecule has 2 fully saturated rings. The van der Waals surface area contributed by atoms with E-state index in [-0.39, 0.29) is 22.9 Å². The molecule has 1 spiro atoms. The molecule has 1 saturated heterocycles. The van der Waals surface area contributed by atoms with Crippen molar-refractivity contribution >= 4 is 5.97 Å². The van der Waals surface area contributed by atoms with Crippen molar-refractivity contribution in [2.24, 2.45) is 17.3 Å². The molecule has 2 bridgehead atoms. The van der Waals surface area contributed by atoms with E-state index in [9.17, 15) is 9.90 Å². The van der Waals surface area contributed by atoms with E-state index in [2.05, 4.69) is 20.8 Å². The van der Waals surface area contributed by atoms with E-state index in [0.29, 0.717) is 23.8 Å². The molecule has 2 heterocycles. The normalized spacial score (nSPS) is 42.3. The van der Waals surface area contributed by atoms with Crippen molar-refractivity contribution in [2.45, 2.75) is 58.2 Å². The van der Waals surface area contributed by atoms with Gasteiger partial charge in [-0.15, -0.1) is 0 Å². The van der Waals surface area contributed by atoms with Crippen molar-refractivity contribution in [1.29, 1.82) is 0 Å². The topological polar surface area (TPSA) is 55.8 Å². The molecule has 0 aromatic rings. The molecule has 20 heavy (non-hydrogen) atoms. The molecule has 4 heteroatoms. The smallest absolute Gasteiger partial charge is 0.339 e. The van der Waals surface area contributed by atoms with Gasteiger partial charge in [0.15, 0.2) is 0 Å². The van der Waals surface area contributed by atoms with Crippen LogP contribution in [0.15, 0.2) is 11.3 Å². The lowest BCUT2D eigenvalue weighted by Crippen LogP contribution is -2.57. The quantitative estimate of drug-likeness (QED) is 0.750. The molecule has 4 nitrogen and oxygen atoms in total. The van der Waals surface area contributed by atoms with Crippen molar-refractivity contribution in [1.82, 2.24) is 0 Å². The van der Waals surface area contributed by atoms with Gasteiger partial charge in [0, 0.05) is 6.42 Å². The average Bonchev–Trinajstić information content (AvgIpc) is 2.66. The Labute approximate surface area is 120 Å². The highest BCUT2D eigenvalue weighted by Crippen LogP contribution is 2.59. The second-order valence-electron chi connectivity index (χ2n) is 7.41. The maximum Gasteiger partial charge on any atom is 0.339 e. The van der Waals surface area contributed by atoms with E-state index in [1.54, 1.807) is 0 Å². The summed E-state index contributed by atoms with van der Waals surface area (Å²) in [4.78, 5) is 12.0. The summed E-state index contributed by atoms with van der Waals surface area (Å²) in [6.45, 7) is 6.51. The Balaban J connectivity index is 2.08. The van der Waals surface area contributed by atoms with Crippen LogP contribution in [0.4, 0.5) is 0 Å². The maximum atomic E-state index is 12.0. The third-order valence-corrected chi connectivity index (χ3v) is 5.64. The minimum Gasteiger partial charge on any atom is -0.512 e. The van der Waals surface area contributed by atoms with Gasteiger partial charge < -0.3 is 14.6 Å². The van der Waals surface area contributed by atoms with Crippen LogP contribution >= 0.6 is 0 Å². The lowest BCUT2D eigenvalue weighted by Gasteiger charge is -2.54. The zero-order valence-corrected chi connectivity index (χ0v) is 12.7. The molecular formula is C16H24O4. The zero-order chi connectivity index (χ0) is 14.7. The van der Waals surface area contributed by atoms with Crippen LogP contribution in [-0.4, -0.2) is 29.9 Å². The van der Waals surface area contributed by atoms with Crippen LogP contribution in [0.5, 0.6) is 0 Å². The number of aliphatic hydroxyl groups is 1. The van der Waals surface area contributed by atoms with Gasteiger partial charge in [-0.05, 0) is 36.5 Å². The number of esters is 1. The van der Waals surface area contributed by atoms with Gasteiger partial charge in [-0.25, -0.2) is 4.79 Å². The van der Waals surface area contributed by atoms with E-state index < -0.39 is 5.97 Å². The molecule has 0 amide bonds. The lowest BCUT2D eigenvalue weighted by molar-refractivity contribution is -0.206. The fraction of sp³-hybridized carbons (Fsp3) is 0.812. The van der Waals surface area contributed by atoms with Gasteiger partial charge in [-0.3, -0.25) is 0 Å². The molecule has 0 aromatic carbocycles. The first-order valence-corrected chi connectivity index (χ1v) is 7.49. The average molecular weight is 280 g/mol. The molecule has 0 aromatic heterocycles. The molecule has 0 radical (unpaired) electrons. The third kappa shape index (κ3) is 1.73. The fourth-order valence-corrected chi connectivity index (χ4v) is 4.55. The van der Waals surface area contributed by atoms with Crippen LogP contribution in [0, 0.1) is 17.3 Å². The second kappa shape index (κ2) is 4.23. The van der Waals surface area contributed by atoms with Gasteiger partial charge in [-0.2, -0.15) is 0 Å².